The largest absolute Gasteiger partial charge is 0.222 e. The van der Waals surface area contributed by atoms with Gasteiger partial charge in [-0.05, 0) is 47.4 Å². The molecule has 0 atom stereocenters. The Morgan fingerprint density at radius 1 is 0.607 bits per heavy atom. The van der Waals surface area contributed by atoms with E-state index in [9.17, 15) is 16.8 Å². The van der Waals surface area contributed by atoms with Gasteiger partial charge in [-0.1, -0.05) is 66.7 Å². The third-order valence-electron chi connectivity index (χ3n) is 4.80. The van der Waals surface area contributed by atoms with Crippen LogP contribution in [0.2, 0.25) is 0 Å². The molecule has 142 valence electrons. The van der Waals surface area contributed by atoms with E-state index in [1.165, 1.54) is 24.3 Å². The number of sulfone groups is 2. The lowest BCUT2D eigenvalue weighted by Gasteiger charge is -2.20. The topological polar surface area (TPSA) is 68.3 Å². The molecular weight excluding hydrogens is 392 g/mol. The van der Waals surface area contributed by atoms with Crippen molar-refractivity contribution in [1.29, 1.82) is 0 Å². The van der Waals surface area contributed by atoms with E-state index in [0.29, 0.717) is 12.0 Å². The van der Waals surface area contributed by atoms with Crippen molar-refractivity contribution in [2.45, 2.75) is 20.8 Å². The second kappa shape index (κ2) is 7.04. The summed E-state index contributed by atoms with van der Waals surface area (Å²) in [6.45, 7) is 0. The maximum Gasteiger partial charge on any atom is 0.199 e. The SMILES string of the molecule is O=S(=O)(c1ccccc1)C(C1=Cc2ccccc2C1)S(=O)(=O)c1ccccc1. The molecule has 4 nitrogen and oxygen atoms in total. The van der Waals surface area contributed by atoms with Crippen LogP contribution in [0.4, 0.5) is 0 Å². The van der Waals surface area contributed by atoms with E-state index in [-0.39, 0.29) is 9.79 Å². The van der Waals surface area contributed by atoms with Crippen LogP contribution in [0.3, 0.4) is 0 Å². The van der Waals surface area contributed by atoms with Crippen LogP contribution in [0.15, 0.2) is 100 Å². The van der Waals surface area contributed by atoms with Crippen LogP contribution < -0.4 is 0 Å². The van der Waals surface area contributed by atoms with Gasteiger partial charge in [0.15, 0.2) is 24.3 Å². The molecule has 3 aromatic rings. The quantitative estimate of drug-likeness (QED) is 0.640. The number of rotatable bonds is 5. The van der Waals surface area contributed by atoms with Crippen molar-refractivity contribution in [2.24, 2.45) is 0 Å². The summed E-state index contributed by atoms with van der Waals surface area (Å²) >= 11 is 0. The number of fused-ring (bicyclic) bond motifs is 1. The van der Waals surface area contributed by atoms with Gasteiger partial charge in [-0.3, -0.25) is 0 Å². The summed E-state index contributed by atoms with van der Waals surface area (Å²) in [7, 11) is -8.33. The number of hydrogen-bond acceptors (Lipinski definition) is 4. The van der Waals surface area contributed by atoms with Gasteiger partial charge in [0, 0.05) is 0 Å². The first-order chi connectivity index (χ1) is 13.4. The molecule has 0 saturated carbocycles. The standard InChI is InChI=1S/C22H18O4S2/c23-27(24,20-11-3-1-4-12-20)22(28(25,26)21-13-5-2-6-14-21)19-15-17-9-7-8-10-18(17)16-19/h1-15,22H,16H2. The van der Waals surface area contributed by atoms with Gasteiger partial charge < -0.3 is 0 Å². The summed E-state index contributed by atoms with van der Waals surface area (Å²) in [6, 6.07) is 23.0. The Labute approximate surface area is 165 Å². The van der Waals surface area contributed by atoms with Crippen molar-refractivity contribution < 1.29 is 16.8 Å². The van der Waals surface area contributed by atoms with E-state index in [4.69, 9.17) is 0 Å². The zero-order valence-electron chi connectivity index (χ0n) is 14.9. The van der Waals surface area contributed by atoms with Crippen LogP contribution in [-0.4, -0.2) is 21.4 Å². The lowest BCUT2D eigenvalue weighted by molar-refractivity contribution is 0.579. The Morgan fingerprint density at radius 2 is 1.07 bits per heavy atom. The van der Waals surface area contributed by atoms with Gasteiger partial charge in [-0.15, -0.1) is 0 Å². The zero-order valence-corrected chi connectivity index (χ0v) is 16.5. The van der Waals surface area contributed by atoms with Gasteiger partial charge in [0.25, 0.3) is 0 Å². The van der Waals surface area contributed by atoms with Crippen LogP contribution in [-0.2, 0) is 26.1 Å². The molecule has 0 spiro atoms. The monoisotopic (exact) mass is 410 g/mol. The first kappa shape index (κ1) is 18.7. The second-order valence-corrected chi connectivity index (χ2v) is 11.0. The van der Waals surface area contributed by atoms with Crippen LogP contribution in [0.5, 0.6) is 0 Å². The maximum atomic E-state index is 13.5. The van der Waals surface area contributed by atoms with Crippen LogP contribution in [0, 0.1) is 0 Å². The highest BCUT2D eigenvalue weighted by atomic mass is 32.3. The third kappa shape index (κ3) is 3.19. The molecule has 0 fully saturated rings. The first-order valence-corrected chi connectivity index (χ1v) is 11.9. The predicted molar refractivity (Wildman–Crippen MR) is 109 cm³/mol. The van der Waals surface area contributed by atoms with E-state index in [2.05, 4.69) is 0 Å². The van der Waals surface area contributed by atoms with Crippen molar-refractivity contribution in [3.63, 3.8) is 0 Å². The summed E-state index contributed by atoms with van der Waals surface area (Å²) in [5.41, 5.74) is 2.15. The highest BCUT2D eigenvalue weighted by Gasteiger charge is 2.43. The van der Waals surface area contributed by atoms with Gasteiger partial charge in [0.05, 0.1) is 9.79 Å². The molecule has 0 N–H and O–H groups in total. The molecule has 0 aliphatic heterocycles. The fourth-order valence-electron chi connectivity index (χ4n) is 3.49. The van der Waals surface area contributed by atoms with E-state index in [1.807, 2.05) is 24.3 Å². The van der Waals surface area contributed by atoms with Crippen molar-refractivity contribution in [2.75, 3.05) is 0 Å². The van der Waals surface area contributed by atoms with Crippen LogP contribution in [0.1, 0.15) is 11.1 Å². The molecule has 0 unspecified atom stereocenters. The number of benzene rings is 3. The Balaban J connectivity index is 1.91. The summed E-state index contributed by atoms with van der Waals surface area (Å²) in [5, 5.41) is 0. The summed E-state index contributed by atoms with van der Waals surface area (Å²) in [4.78, 5) is -0.00674. The second-order valence-electron chi connectivity index (χ2n) is 6.64. The molecular formula is C22H18O4S2. The minimum atomic E-state index is -4.16. The lowest BCUT2D eigenvalue weighted by Crippen LogP contribution is -2.33. The maximum absolute atomic E-state index is 13.5. The van der Waals surface area contributed by atoms with Crippen LogP contribution in [0.25, 0.3) is 6.08 Å². The van der Waals surface area contributed by atoms with Gasteiger partial charge in [-0.2, -0.15) is 0 Å². The van der Waals surface area contributed by atoms with Gasteiger partial charge in [0.2, 0.25) is 0 Å². The molecule has 4 rings (SSSR count). The molecule has 3 aromatic carbocycles. The summed E-state index contributed by atoms with van der Waals surface area (Å²) in [5.74, 6) is 0. The van der Waals surface area contributed by atoms with Crippen molar-refractivity contribution in [3.8, 4) is 0 Å². The summed E-state index contributed by atoms with van der Waals surface area (Å²) in [6.07, 6.45) is 1.99. The zero-order chi connectivity index (χ0) is 19.8. The lowest BCUT2D eigenvalue weighted by atomic mass is 10.1. The molecule has 0 bridgehead atoms. The highest BCUT2D eigenvalue weighted by Crippen LogP contribution is 2.36. The molecule has 6 heteroatoms. The van der Waals surface area contributed by atoms with E-state index in [1.54, 1.807) is 42.5 Å². The smallest absolute Gasteiger partial charge is 0.199 e. The fourth-order valence-corrected chi connectivity index (χ4v) is 8.16. The van der Waals surface area contributed by atoms with E-state index < -0.39 is 24.3 Å². The molecule has 0 saturated heterocycles. The minimum Gasteiger partial charge on any atom is -0.222 e. The molecule has 0 radical (unpaired) electrons. The van der Waals surface area contributed by atoms with Gasteiger partial charge >= 0.3 is 0 Å². The normalized spacial score (nSPS) is 14.0. The molecule has 1 aliphatic carbocycles. The molecule has 0 amide bonds. The Kier molecular flexibility index (Phi) is 4.69. The third-order valence-corrected chi connectivity index (χ3v) is 9.91. The van der Waals surface area contributed by atoms with Crippen molar-refractivity contribution in [3.05, 3.63) is 102 Å². The first-order valence-electron chi connectivity index (χ1n) is 8.77. The summed E-state index contributed by atoms with van der Waals surface area (Å²) < 4.78 is 52.2. The highest BCUT2D eigenvalue weighted by molar-refractivity contribution is 8.09. The molecule has 0 heterocycles. The van der Waals surface area contributed by atoms with Crippen molar-refractivity contribution in [1.82, 2.24) is 0 Å². The van der Waals surface area contributed by atoms with E-state index >= 15 is 0 Å². The van der Waals surface area contributed by atoms with Crippen molar-refractivity contribution >= 4 is 25.8 Å². The molecule has 1 aliphatic rings. The minimum absolute atomic E-state index is 0.00337. The fraction of sp³-hybridized carbons (Fsp3) is 0.0909. The average molecular weight is 411 g/mol. The molecule has 0 aromatic heterocycles. The van der Waals surface area contributed by atoms with Gasteiger partial charge in [-0.25, -0.2) is 16.8 Å². The number of hydrogen-bond donors (Lipinski definition) is 0. The van der Waals surface area contributed by atoms with Gasteiger partial charge in [0.1, 0.15) is 0 Å². The van der Waals surface area contributed by atoms with Crippen LogP contribution >= 0.6 is 0 Å². The Morgan fingerprint density at radius 3 is 1.57 bits per heavy atom. The Bertz CT molecular complexity index is 1170. The average Bonchev–Trinajstić information content (AvgIpc) is 3.12. The Hall–Kier alpha value is -2.70. The predicted octanol–water partition coefficient (Wildman–Crippen LogP) is 3.90. The molecule has 28 heavy (non-hydrogen) atoms. The van der Waals surface area contributed by atoms with E-state index in [0.717, 1.165) is 11.1 Å².